The van der Waals surface area contributed by atoms with Gasteiger partial charge in [0, 0.05) is 62.7 Å². The van der Waals surface area contributed by atoms with E-state index in [1.54, 1.807) is 150 Å². The monoisotopic (exact) mass is 1680 g/mol. The predicted octanol–water partition coefficient (Wildman–Crippen LogP) is 7.81. The highest BCUT2D eigenvalue weighted by Gasteiger charge is 2.82. The van der Waals surface area contributed by atoms with E-state index >= 15 is 13.2 Å². The van der Waals surface area contributed by atoms with Crippen LogP contribution in [0.1, 0.15) is 174 Å². The molecule has 6 bridgehead atoms. The van der Waals surface area contributed by atoms with Crippen molar-refractivity contribution in [3.8, 4) is 0 Å². The minimum Gasteiger partial charge on any atom is -0.455 e. The molecule has 0 radical (unpaired) electrons. The summed E-state index contributed by atoms with van der Waals surface area (Å²) in [7, 11) is 0. The number of rotatable bonds is 9. The topological polar surface area (TPSA) is 403 Å². The molecule has 9 aliphatic carbocycles. The van der Waals surface area contributed by atoms with Crippen molar-refractivity contribution in [3.63, 3.8) is 0 Å². The third-order valence-electron chi connectivity index (χ3n) is 30.0. The van der Waals surface area contributed by atoms with E-state index in [1.807, 2.05) is 0 Å². The maximum atomic E-state index is 16.8. The third-order valence-corrected chi connectivity index (χ3v) is 30.0. The summed E-state index contributed by atoms with van der Waals surface area (Å²) < 4.78 is 115. The van der Waals surface area contributed by atoms with Crippen LogP contribution in [0.5, 0.6) is 0 Å². The number of ether oxygens (including phenoxy) is 11. The van der Waals surface area contributed by atoms with Crippen LogP contribution in [-0.4, -0.2) is 238 Å². The second kappa shape index (κ2) is 29.6. The summed E-state index contributed by atoms with van der Waals surface area (Å²) in [6.45, 7) is 25.7. The number of alkyl halides is 1. The lowest BCUT2D eigenvalue weighted by atomic mass is 9.45. The number of ketones is 1. The van der Waals surface area contributed by atoms with Crippen LogP contribution in [0.25, 0.3) is 0 Å². The Morgan fingerprint density at radius 3 is 1.17 bits per heavy atom. The lowest BCUT2D eigenvalue weighted by Crippen LogP contribution is -2.81. The van der Waals surface area contributed by atoms with E-state index < -0.39 is 235 Å². The fourth-order valence-electron chi connectivity index (χ4n) is 23.4. The standard InChI is InChI=1S/C32H39FO9.2C29H35FO9/c1-16-19(35)14-32(37)26(39-27(36)18-11-9-8-10-12-18)24-30(7,20(33)13-21-31(24,15-38-21)40-17(2)34)25-23(22(16)28(32,3)4)41-29(5,6)42-25;2*1-14-17(32)12-29(36)24(38-25(35)16-9-7-6-8-10-16)22-27(5,23(34)21(33)20(14)26(29,3)4)18(30)11-19-28(22,13-37-19)39-15(2)31/h8-13,19,21,23-26,35,37H,14-15H2,1-7H3;6-10,17-19,21-22,24,32-33,36H,11-13H2,1-5H3;6-11,17,19,21-24,32-34,36H,12-13H2,1-5H3/t19-,21+,23+,24-,25+,26-,30+,31-,32+;17-,18+,19+,21+,22-,24-,27+,28-,29+;17-,19+,21+,22-,23+,24-,27+,28-,29+/m000/s1. The molecule has 16 rings (SSSR count). The van der Waals surface area contributed by atoms with Gasteiger partial charge in [-0.3, -0.25) is 19.2 Å². The van der Waals surface area contributed by atoms with Crippen molar-refractivity contribution in [2.24, 2.45) is 50.2 Å². The van der Waals surface area contributed by atoms with Crippen LogP contribution in [0.2, 0.25) is 0 Å². The van der Waals surface area contributed by atoms with Crippen molar-refractivity contribution in [1.82, 2.24) is 0 Å². The molecule has 3 aromatic carbocycles. The summed E-state index contributed by atoms with van der Waals surface area (Å²) in [6, 6.07) is 24.3. The number of carbonyl (C=O) groups is 7. The number of aliphatic hydroxyl groups is 9. The van der Waals surface area contributed by atoms with Gasteiger partial charge in [0.25, 0.3) is 0 Å². The Hall–Kier alpha value is -7.92. The number of carbonyl (C=O) groups excluding carboxylic acids is 7. The molecule has 0 unspecified atom stereocenters. The van der Waals surface area contributed by atoms with Gasteiger partial charge in [0.05, 0.1) is 94.9 Å². The van der Waals surface area contributed by atoms with Gasteiger partial charge in [-0.05, 0) is 124 Å². The molecule has 3 aromatic rings. The van der Waals surface area contributed by atoms with Crippen molar-refractivity contribution in [2.45, 2.75) is 274 Å². The molecule has 0 spiro atoms. The van der Waals surface area contributed by atoms with Gasteiger partial charge < -0.3 is 98.1 Å². The van der Waals surface area contributed by atoms with Gasteiger partial charge in [0.1, 0.15) is 95.7 Å². The maximum absolute atomic E-state index is 16.8. The van der Waals surface area contributed by atoms with Crippen molar-refractivity contribution >= 4 is 41.6 Å². The molecular weight excluding hydrogens is 1570 g/mol. The number of hydrogen-bond donors (Lipinski definition) is 9. The fourth-order valence-corrected chi connectivity index (χ4v) is 23.4. The third kappa shape index (κ3) is 12.5. The average molecular weight is 1680 g/mol. The zero-order valence-corrected chi connectivity index (χ0v) is 70.2. The first-order valence-electron chi connectivity index (χ1n) is 40.6. The van der Waals surface area contributed by atoms with E-state index in [1.165, 1.54) is 65.0 Å². The largest absolute Gasteiger partial charge is 0.455 e. The van der Waals surface area contributed by atoms with Gasteiger partial charge in [0.2, 0.25) is 0 Å². The lowest BCUT2D eigenvalue weighted by molar-refractivity contribution is -0.341. The summed E-state index contributed by atoms with van der Waals surface area (Å²) in [6.07, 6.45) is -19.6. The van der Waals surface area contributed by atoms with Crippen molar-refractivity contribution < 1.29 is 145 Å². The molecule has 13 aliphatic rings. The van der Waals surface area contributed by atoms with E-state index in [0.29, 0.717) is 16.7 Å². The van der Waals surface area contributed by atoms with Crippen molar-refractivity contribution in [1.29, 1.82) is 0 Å². The van der Waals surface area contributed by atoms with Crippen LogP contribution in [0.3, 0.4) is 0 Å². The zero-order chi connectivity index (χ0) is 88.0. The summed E-state index contributed by atoms with van der Waals surface area (Å²) >= 11 is 0. The van der Waals surface area contributed by atoms with Gasteiger partial charge in [-0.2, -0.15) is 0 Å². The average Bonchev–Trinajstić information content (AvgIpc) is 0.948. The number of aliphatic hydroxyl groups excluding tert-OH is 6. The summed E-state index contributed by atoms with van der Waals surface area (Å²) in [5.41, 5.74) is -18.3. The number of fused-ring (bicyclic) bond motifs is 18. The molecular formula is C90H109F3O27. The van der Waals surface area contributed by atoms with E-state index in [4.69, 9.17) is 52.1 Å². The number of benzene rings is 3. The number of halogens is 3. The molecule has 0 amide bonds. The summed E-state index contributed by atoms with van der Waals surface area (Å²) in [4.78, 5) is 92.5. The van der Waals surface area contributed by atoms with Crippen molar-refractivity contribution in [2.75, 3.05) is 19.8 Å². The van der Waals surface area contributed by atoms with Crippen LogP contribution in [0, 0.1) is 50.2 Å². The Morgan fingerprint density at radius 1 is 0.450 bits per heavy atom. The molecule has 27 atom stereocenters. The molecule has 4 saturated heterocycles. The molecule has 8 fully saturated rings. The highest BCUT2D eigenvalue weighted by Crippen LogP contribution is 2.71. The quantitative estimate of drug-likeness (QED) is 0.0560. The molecule has 652 valence electrons. The molecule has 4 saturated carbocycles. The van der Waals surface area contributed by atoms with Gasteiger partial charge in [-0.25, -0.2) is 27.6 Å². The van der Waals surface area contributed by atoms with E-state index in [9.17, 15) is 79.5 Å². The molecule has 0 aromatic heterocycles. The summed E-state index contributed by atoms with van der Waals surface area (Å²) in [5, 5.41) is 107. The van der Waals surface area contributed by atoms with E-state index in [2.05, 4.69) is 0 Å². The van der Waals surface area contributed by atoms with Gasteiger partial charge in [-0.15, -0.1) is 0 Å². The molecule has 27 nitrogen and oxygen atoms in total. The molecule has 120 heavy (non-hydrogen) atoms. The minimum atomic E-state index is -2.12. The molecule has 4 aliphatic heterocycles. The van der Waals surface area contributed by atoms with Crippen LogP contribution in [0.4, 0.5) is 13.2 Å². The lowest BCUT2D eigenvalue weighted by Gasteiger charge is -2.67. The van der Waals surface area contributed by atoms with E-state index in [0.717, 1.165) is 6.08 Å². The van der Waals surface area contributed by atoms with Crippen LogP contribution in [-0.2, 0) is 71.3 Å². The number of esters is 6. The minimum absolute atomic E-state index is 0.0508. The number of hydrogen-bond acceptors (Lipinski definition) is 27. The van der Waals surface area contributed by atoms with Crippen molar-refractivity contribution in [3.05, 3.63) is 165 Å². The highest BCUT2D eigenvalue weighted by atomic mass is 19.1. The van der Waals surface area contributed by atoms with Gasteiger partial charge >= 0.3 is 35.8 Å². The summed E-state index contributed by atoms with van der Waals surface area (Å²) in [5.74, 6) is -12.2. The van der Waals surface area contributed by atoms with Gasteiger partial charge in [-0.1, -0.05) is 110 Å². The predicted molar refractivity (Wildman–Crippen MR) is 415 cm³/mol. The zero-order valence-electron chi connectivity index (χ0n) is 70.2. The van der Waals surface area contributed by atoms with Crippen LogP contribution in [0.15, 0.2) is 148 Å². The van der Waals surface area contributed by atoms with Crippen LogP contribution >= 0.6 is 0 Å². The first-order valence-corrected chi connectivity index (χ1v) is 40.6. The van der Waals surface area contributed by atoms with E-state index in [-0.39, 0.29) is 78.9 Å². The molecule has 30 heteroatoms. The first-order chi connectivity index (χ1) is 55.7. The van der Waals surface area contributed by atoms with Crippen LogP contribution < -0.4 is 0 Å². The molecule has 4 heterocycles. The fraction of sp³-hybridized carbons (Fsp3) is 0.611. The SMILES string of the molecule is CC(=O)O[C@@]12CO[C@@H]1C=C(F)[C@@]1(C)[C@@H]3OC(C)(C)O[C@@H]3C3=C(C)[C@@H](O)C[C@@](O)([C@@H](OC(=O)c4ccccc4)[C@H]21)C3(C)C.CC(=O)O[C@@]12CO[C@@H]1C=C(F)[C@@]1(C)[C@H](O)[C@H](O)C3=C(C)[C@@H](O)C[C@@](O)([C@@H](OC(=O)c4ccccc4)[C@H]21)C3(C)C.CC(=O)O[C@@]12CO[C@@H]1C[C@@H](F)[C@@]1(C)C(=O)[C@H](O)C3=C(C)[C@@H](O)C[C@@](O)([C@@H](OC(=O)c4ccccc4)[C@H]21)C3(C)C. The molecule has 9 N–H and O–H groups in total. The Balaban J connectivity index is 0.000000148. The Bertz CT molecular complexity index is 4770. The Labute approximate surface area is 692 Å². The Kier molecular flexibility index (Phi) is 21.8. The van der Waals surface area contributed by atoms with Gasteiger partial charge in [0.15, 0.2) is 28.4 Å². The second-order valence-corrected chi connectivity index (χ2v) is 37.7. The normalized spacial score (nSPS) is 42.8. The highest BCUT2D eigenvalue weighted by molar-refractivity contribution is 5.94. The maximum Gasteiger partial charge on any atom is 0.338 e. The Morgan fingerprint density at radius 2 is 0.792 bits per heavy atom. The number of Topliss-reactive ketones (excluding diaryl/α,β-unsaturated/α-hetero) is 1. The first kappa shape index (κ1) is 88.4. The second-order valence-electron chi connectivity index (χ2n) is 37.7. The smallest absolute Gasteiger partial charge is 0.338 e.